The summed E-state index contributed by atoms with van der Waals surface area (Å²) in [5, 5.41) is 13.1. The SMILES string of the molecule is Cc1cc(-c2c(Cl)cccc2Cl)cc2nnc(Nc3ccc(OCCCN4CCN(C)CC4)cc3)nc12. The van der Waals surface area contributed by atoms with Crippen LogP contribution in [-0.4, -0.2) is 71.4 Å². The molecule has 192 valence electrons. The average molecular weight is 537 g/mol. The van der Waals surface area contributed by atoms with Crippen LogP contribution in [0.2, 0.25) is 10.0 Å². The van der Waals surface area contributed by atoms with Crippen LogP contribution in [0, 0.1) is 6.92 Å². The van der Waals surface area contributed by atoms with E-state index in [4.69, 9.17) is 32.9 Å². The molecule has 1 saturated heterocycles. The summed E-state index contributed by atoms with van der Waals surface area (Å²) in [6, 6.07) is 17.2. The van der Waals surface area contributed by atoms with Crippen molar-refractivity contribution in [2.75, 3.05) is 51.7 Å². The summed E-state index contributed by atoms with van der Waals surface area (Å²) in [6.45, 7) is 8.33. The summed E-state index contributed by atoms with van der Waals surface area (Å²) in [7, 11) is 2.18. The van der Waals surface area contributed by atoms with E-state index in [9.17, 15) is 0 Å². The molecular formula is C28H30Cl2N6O. The molecule has 0 atom stereocenters. The second kappa shape index (κ2) is 11.6. The number of hydrogen-bond acceptors (Lipinski definition) is 7. The summed E-state index contributed by atoms with van der Waals surface area (Å²) >= 11 is 12.8. The van der Waals surface area contributed by atoms with Gasteiger partial charge in [0.25, 0.3) is 0 Å². The van der Waals surface area contributed by atoms with Gasteiger partial charge in [0, 0.05) is 54.0 Å². The van der Waals surface area contributed by atoms with Gasteiger partial charge in [-0.25, -0.2) is 4.98 Å². The van der Waals surface area contributed by atoms with Crippen molar-refractivity contribution in [2.24, 2.45) is 0 Å². The molecule has 5 rings (SSSR count). The molecule has 0 radical (unpaired) electrons. The van der Waals surface area contributed by atoms with Gasteiger partial charge in [0.2, 0.25) is 5.95 Å². The Balaban J connectivity index is 1.20. The lowest BCUT2D eigenvalue weighted by Crippen LogP contribution is -2.44. The summed E-state index contributed by atoms with van der Waals surface area (Å²) in [5.74, 6) is 1.28. The van der Waals surface area contributed by atoms with Gasteiger partial charge in [0.1, 0.15) is 11.3 Å². The molecule has 4 aromatic rings. The number of benzene rings is 3. The monoisotopic (exact) mass is 536 g/mol. The van der Waals surface area contributed by atoms with E-state index in [1.54, 1.807) is 0 Å². The quantitative estimate of drug-likeness (QED) is 0.274. The topological polar surface area (TPSA) is 66.4 Å². The molecule has 0 bridgehead atoms. The highest BCUT2D eigenvalue weighted by molar-refractivity contribution is 6.39. The standard InChI is InChI=1S/C28H30Cl2N6O/c1-19-17-20(26-23(29)5-3-6-24(26)30)18-25-27(19)32-28(34-33-25)31-21-7-9-22(10-8-21)37-16-4-11-36-14-12-35(2)13-15-36/h3,5-10,17-18H,4,11-16H2,1-2H3,(H,31,32,34). The molecule has 0 saturated carbocycles. The zero-order chi connectivity index (χ0) is 25.8. The predicted molar refractivity (Wildman–Crippen MR) is 151 cm³/mol. The number of ether oxygens (including phenoxy) is 1. The van der Waals surface area contributed by atoms with Gasteiger partial charge in [0.05, 0.1) is 12.1 Å². The molecule has 9 heteroatoms. The average Bonchev–Trinajstić information content (AvgIpc) is 2.89. The molecule has 0 amide bonds. The van der Waals surface area contributed by atoms with Crippen LogP contribution in [0.15, 0.2) is 54.6 Å². The second-order valence-corrected chi connectivity index (χ2v) is 10.2. The van der Waals surface area contributed by atoms with E-state index in [0.29, 0.717) is 28.1 Å². The fraction of sp³-hybridized carbons (Fsp3) is 0.321. The molecule has 1 aromatic heterocycles. The number of aromatic nitrogens is 3. The highest BCUT2D eigenvalue weighted by Crippen LogP contribution is 2.36. The van der Waals surface area contributed by atoms with Crippen molar-refractivity contribution in [1.82, 2.24) is 25.0 Å². The maximum absolute atomic E-state index is 6.41. The van der Waals surface area contributed by atoms with E-state index in [-0.39, 0.29) is 0 Å². The zero-order valence-electron chi connectivity index (χ0n) is 21.0. The first-order valence-corrected chi connectivity index (χ1v) is 13.2. The van der Waals surface area contributed by atoms with Crippen LogP contribution in [-0.2, 0) is 0 Å². The molecule has 3 aromatic carbocycles. The smallest absolute Gasteiger partial charge is 0.247 e. The van der Waals surface area contributed by atoms with Crippen LogP contribution >= 0.6 is 23.2 Å². The van der Waals surface area contributed by atoms with Crippen molar-refractivity contribution in [3.05, 3.63) is 70.2 Å². The third-order valence-electron chi connectivity index (χ3n) is 6.60. The van der Waals surface area contributed by atoms with Gasteiger partial charge in [-0.2, -0.15) is 0 Å². The van der Waals surface area contributed by atoms with E-state index >= 15 is 0 Å². The number of fused-ring (bicyclic) bond motifs is 1. The van der Waals surface area contributed by atoms with Crippen molar-refractivity contribution in [2.45, 2.75) is 13.3 Å². The van der Waals surface area contributed by atoms with E-state index in [1.165, 1.54) is 0 Å². The number of halogens is 2. The Bertz CT molecular complexity index is 1350. The normalized spacial score (nSPS) is 14.7. The number of hydrogen-bond donors (Lipinski definition) is 1. The second-order valence-electron chi connectivity index (χ2n) is 9.39. The Hall–Kier alpha value is -2.97. The van der Waals surface area contributed by atoms with Crippen LogP contribution < -0.4 is 10.1 Å². The maximum atomic E-state index is 6.41. The first-order valence-electron chi connectivity index (χ1n) is 12.5. The number of aryl methyl sites for hydroxylation is 1. The molecule has 1 fully saturated rings. The van der Waals surface area contributed by atoms with Crippen molar-refractivity contribution in [3.63, 3.8) is 0 Å². The maximum Gasteiger partial charge on any atom is 0.247 e. The third-order valence-corrected chi connectivity index (χ3v) is 7.23. The minimum Gasteiger partial charge on any atom is -0.494 e. The molecule has 37 heavy (non-hydrogen) atoms. The Morgan fingerprint density at radius 1 is 0.946 bits per heavy atom. The summed E-state index contributed by atoms with van der Waals surface area (Å²) in [6.07, 6.45) is 1.02. The number of nitrogens with zero attached hydrogens (tertiary/aromatic N) is 5. The predicted octanol–water partition coefficient (Wildman–Crippen LogP) is 6.07. The molecular weight excluding hydrogens is 507 g/mol. The highest BCUT2D eigenvalue weighted by atomic mass is 35.5. The van der Waals surface area contributed by atoms with Crippen LogP contribution in [0.1, 0.15) is 12.0 Å². The van der Waals surface area contributed by atoms with Crippen molar-refractivity contribution in [1.29, 1.82) is 0 Å². The Kier molecular flexibility index (Phi) is 8.05. The van der Waals surface area contributed by atoms with Gasteiger partial charge < -0.3 is 19.9 Å². The van der Waals surface area contributed by atoms with Crippen molar-refractivity contribution >= 4 is 45.9 Å². The molecule has 7 nitrogen and oxygen atoms in total. The zero-order valence-corrected chi connectivity index (χ0v) is 22.6. The van der Waals surface area contributed by atoms with Gasteiger partial charge >= 0.3 is 0 Å². The molecule has 2 heterocycles. The first kappa shape index (κ1) is 25.7. The van der Waals surface area contributed by atoms with Gasteiger partial charge in [0.15, 0.2) is 0 Å². The fourth-order valence-electron chi connectivity index (χ4n) is 4.50. The van der Waals surface area contributed by atoms with Crippen LogP contribution in [0.3, 0.4) is 0 Å². The number of likely N-dealkylation sites (N-methyl/N-ethyl adjacent to an activating group) is 1. The summed E-state index contributed by atoms with van der Waals surface area (Å²) < 4.78 is 5.93. The molecule has 1 aliphatic heterocycles. The highest BCUT2D eigenvalue weighted by Gasteiger charge is 2.14. The fourth-order valence-corrected chi connectivity index (χ4v) is 5.11. The summed E-state index contributed by atoms with van der Waals surface area (Å²) in [4.78, 5) is 9.57. The Morgan fingerprint density at radius 3 is 2.41 bits per heavy atom. The van der Waals surface area contributed by atoms with Gasteiger partial charge in [-0.15, -0.1) is 10.2 Å². The van der Waals surface area contributed by atoms with Crippen LogP contribution in [0.4, 0.5) is 11.6 Å². The van der Waals surface area contributed by atoms with E-state index in [0.717, 1.165) is 72.8 Å². The third kappa shape index (κ3) is 6.30. The first-order chi connectivity index (χ1) is 18.0. The lowest BCUT2D eigenvalue weighted by Gasteiger charge is -2.32. The number of anilines is 2. The van der Waals surface area contributed by atoms with Gasteiger partial charge in [-0.05, 0) is 80.1 Å². The largest absolute Gasteiger partial charge is 0.494 e. The lowest BCUT2D eigenvalue weighted by atomic mass is 10.0. The van der Waals surface area contributed by atoms with Crippen molar-refractivity contribution < 1.29 is 4.74 Å². The van der Waals surface area contributed by atoms with Gasteiger partial charge in [-0.1, -0.05) is 29.3 Å². The Morgan fingerprint density at radius 2 is 1.68 bits per heavy atom. The molecule has 1 N–H and O–H groups in total. The van der Waals surface area contributed by atoms with Crippen LogP contribution in [0.25, 0.3) is 22.2 Å². The summed E-state index contributed by atoms with van der Waals surface area (Å²) in [5.41, 5.74) is 4.93. The number of nitrogens with one attached hydrogen (secondary N) is 1. The minimum absolute atomic E-state index is 0.431. The van der Waals surface area contributed by atoms with E-state index < -0.39 is 0 Å². The van der Waals surface area contributed by atoms with Crippen LogP contribution in [0.5, 0.6) is 5.75 Å². The van der Waals surface area contributed by atoms with Gasteiger partial charge in [-0.3, -0.25) is 0 Å². The van der Waals surface area contributed by atoms with E-state index in [2.05, 4.69) is 32.4 Å². The lowest BCUT2D eigenvalue weighted by molar-refractivity contribution is 0.145. The minimum atomic E-state index is 0.431. The number of piperazine rings is 1. The molecule has 0 spiro atoms. The number of rotatable bonds is 8. The van der Waals surface area contributed by atoms with Crippen molar-refractivity contribution in [3.8, 4) is 16.9 Å². The Labute approximate surface area is 227 Å². The molecule has 0 unspecified atom stereocenters. The van der Waals surface area contributed by atoms with E-state index in [1.807, 2.05) is 61.5 Å². The molecule has 0 aliphatic carbocycles. The molecule has 1 aliphatic rings.